The Morgan fingerprint density at radius 1 is 1.16 bits per heavy atom. The lowest BCUT2D eigenvalue weighted by Crippen LogP contribution is -2.27. The highest BCUT2D eigenvalue weighted by Gasteiger charge is 2.26. The van der Waals surface area contributed by atoms with Gasteiger partial charge >= 0.3 is 0 Å². The highest BCUT2D eigenvalue weighted by molar-refractivity contribution is 9.10. The molecule has 2 aromatic carbocycles. The number of halogens is 1. The van der Waals surface area contributed by atoms with Crippen LogP contribution >= 0.6 is 15.9 Å². The van der Waals surface area contributed by atoms with Gasteiger partial charge in [-0.2, -0.15) is 0 Å². The lowest BCUT2D eigenvalue weighted by molar-refractivity contribution is 0.0662. The molecule has 2 atom stereocenters. The zero-order valence-electron chi connectivity index (χ0n) is 10.4. The maximum atomic E-state index is 10.2. The molecule has 19 heavy (non-hydrogen) atoms. The summed E-state index contributed by atoms with van der Waals surface area (Å²) in [5.74, 6) is 0.786. The summed E-state index contributed by atoms with van der Waals surface area (Å²) in [5.41, 5.74) is 2.12. The number of hydrogen-bond acceptors (Lipinski definition) is 2. The fourth-order valence-electron chi connectivity index (χ4n) is 2.49. The van der Waals surface area contributed by atoms with Crippen LogP contribution in [0.3, 0.4) is 0 Å². The van der Waals surface area contributed by atoms with Crippen LogP contribution in [-0.2, 0) is 6.42 Å². The van der Waals surface area contributed by atoms with Crippen molar-refractivity contribution in [2.45, 2.75) is 25.0 Å². The van der Waals surface area contributed by atoms with Crippen LogP contribution in [0.5, 0.6) is 5.75 Å². The maximum Gasteiger partial charge on any atom is 0.126 e. The molecule has 1 aliphatic heterocycles. The van der Waals surface area contributed by atoms with Crippen molar-refractivity contribution in [2.24, 2.45) is 0 Å². The summed E-state index contributed by atoms with van der Waals surface area (Å²) in [5, 5.41) is 10.2. The normalized spacial score (nSPS) is 21.6. The third-order valence-electron chi connectivity index (χ3n) is 3.42. The molecule has 3 rings (SSSR count). The molecule has 0 radical (unpaired) electrons. The van der Waals surface area contributed by atoms with Crippen LogP contribution in [0.1, 0.15) is 23.7 Å². The fourth-order valence-corrected chi connectivity index (χ4v) is 2.83. The summed E-state index contributed by atoms with van der Waals surface area (Å²) in [6.45, 7) is 0. The van der Waals surface area contributed by atoms with Crippen LogP contribution < -0.4 is 4.74 Å². The zero-order chi connectivity index (χ0) is 13.2. The first-order valence-electron chi connectivity index (χ1n) is 6.40. The highest BCUT2D eigenvalue weighted by Crippen LogP contribution is 2.37. The Bertz CT molecular complexity index is 568. The molecule has 0 fully saturated rings. The van der Waals surface area contributed by atoms with Crippen LogP contribution in [0.15, 0.2) is 53.0 Å². The third kappa shape index (κ3) is 2.82. The third-order valence-corrected chi connectivity index (χ3v) is 3.91. The second-order valence-corrected chi connectivity index (χ2v) is 5.78. The monoisotopic (exact) mass is 318 g/mol. The molecule has 0 amide bonds. The minimum Gasteiger partial charge on any atom is -0.490 e. The Hall–Kier alpha value is -1.32. The van der Waals surface area contributed by atoms with Gasteiger partial charge < -0.3 is 9.84 Å². The quantitative estimate of drug-likeness (QED) is 0.910. The predicted molar refractivity (Wildman–Crippen MR) is 78.3 cm³/mol. The van der Waals surface area contributed by atoms with E-state index >= 15 is 0 Å². The van der Waals surface area contributed by atoms with Gasteiger partial charge in [0.1, 0.15) is 11.9 Å². The number of aliphatic hydroxyl groups excluding tert-OH is 1. The van der Waals surface area contributed by atoms with Crippen LogP contribution in [0.4, 0.5) is 0 Å². The Morgan fingerprint density at radius 3 is 2.74 bits per heavy atom. The fraction of sp³-hybridized carbons (Fsp3) is 0.250. The van der Waals surface area contributed by atoms with E-state index in [1.807, 2.05) is 36.4 Å². The molecular weight excluding hydrogens is 304 g/mol. The minimum absolute atomic E-state index is 0.0270. The van der Waals surface area contributed by atoms with Crippen LogP contribution in [0, 0.1) is 0 Å². The van der Waals surface area contributed by atoms with Gasteiger partial charge in [-0.15, -0.1) is 0 Å². The second-order valence-electron chi connectivity index (χ2n) is 4.86. The summed E-state index contributed by atoms with van der Waals surface area (Å²) in [6.07, 6.45) is 1.05. The van der Waals surface area contributed by atoms with Crippen molar-refractivity contribution >= 4 is 15.9 Å². The Morgan fingerprint density at radius 2 is 1.95 bits per heavy atom. The first-order chi connectivity index (χ1) is 9.22. The van der Waals surface area contributed by atoms with Crippen LogP contribution in [0.25, 0.3) is 0 Å². The molecule has 0 saturated heterocycles. The van der Waals surface area contributed by atoms with Crippen molar-refractivity contribution in [3.63, 3.8) is 0 Å². The molecule has 98 valence electrons. The number of ether oxygens (including phenoxy) is 1. The van der Waals surface area contributed by atoms with Gasteiger partial charge in [0, 0.05) is 22.9 Å². The molecular formula is C16H15BrO2. The van der Waals surface area contributed by atoms with E-state index in [4.69, 9.17) is 4.74 Å². The van der Waals surface area contributed by atoms with E-state index in [-0.39, 0.29) is 6.10 Å². The van der Waals surface area contributed by atoms with Crippen molar-refractivity contribution < 1.29 is 9.84 Å². The minimum atomic E-state index is -0.439. The first-order valence-corrected chi connectivity index (χ1v) is 7.20. The van der Waals surface area contributed by atoms with Crippen molar-refractivity contribution in [3.8, 4) is 5.75 Å². The second kappa shape index (κ2) is 5.35. The van der Waals surface area contributed by atoms with Crippen molar-refractivity contribution in [1.29, 1.82) is 0 Å². The molecule has 1 heterocycles. The lowest BCUT2D eigenvalue weighted by atomic mass is 9.95. The van der Waals surface area contributed by atoms with E-state index < -0.39 is 6.10 Å². The molecule has 0 aromatic heterocycles. The average Bonchev–Trinajstić information content (AvgIpc) is 2.39. The molecule has 0 aliphatic carbocycles. The molecule has 2 nitrogen and oxygen atoms in total. The van der Waals surface area contributed by atoms with Crippen LogP contribution in [-0.4, -0.2) is 11.2 Å². The molecule has 0 bridgehead atoms. The van der Waals surface area contributed by atoms with E-state index in [9.17, 15) is 5.11 Å². The standard InChI is InChI=1S/C16H15BrO2/c17-12-6-7-14-15(18)10-13(19-16(14)9-12)8-11-4-2-1-3-5-11/h1-7,9,13,15,18H,8,10H2/t13?,15-/m1/s1. The van der Waals surface area contributed by atoms with Crippen molar-refractivity contribution in [3.05, 3.63) is 64.1 Å². The number of benzene rings is 2. The van der Waals surface area contributed by atoms with Gasteiger partial charge in [0.15, 0.2) is 0 Å². The van der Waals surface area contributed by atoms with E-state index in [1.165, 1.54) is 5.56 Å². The van der Waals surface area contributed by atoms with Gasteiger partial charge in [0.05, 0.1) is 6.10 Å². The first kappa shape index (κ1) is 12.7. The molecule has 0 spiro atoms. The molecule has 1 unspecified atom stereocenters. The maximum absolute atomic E-state index is 10.2. The summed E-state index contributed by atoms with van der Waals surface area (Å²) < 4.78 is 6.97. The lowest BCUT2D eigenvalue weighted by Gasteiger charge is -2.30. The Balaban J connectivity index is 1.81. The predicted octanol–water partition coefficient (Wildman–Crippen LogP) is 3.88. The molecule has 1 aliphatic rings. The van der Waals surface area contributed by atoms with Gasteiger partial charge in [-0.05, 0) is 17.7 Å². The highest BCUT2D eigenvalue weighted by atomic mass is 79.9. The summed E-state index contributed by atoms with van der Waals surface area (Å²) >= 11 is 3.44. The largest absolute Gasteiger partial charge is 0.490 e. The number of fused-ring (bicyclic) bond motifs is 1. The molecule has 2 aromatic rings. The topological polar surface area (TPSA) is 29.5 Å². The number of rotatable bonds is 2. The van der Waals surface area contributed by atoms with Gasteiger partial charge in [-0.25, -0.2) is 0 Å². The van der Waals surface area contributed by atoms with E-state index in [2.05, 4.69) is 28.1 Å². The van der Waals surface area contributed by atoms with Crippen molar-refractivity contribution in [1.82, 2.24) is 0 Å². The van der Waals surface area contributed by atoms with Gasteiger partial charge in [0.25, 0.3) is 0 Å². The van der Waals surface area contributed by atoms with Gasteiger partial charge in [-0.3, -0.25) is 0 Å². The van der Waals surface area contributed by atoms with E-state index in [0.717, 1.165) is 22.2 Å². The molecule has 1 N–H and O–H groups in total. The van der Waals surface area contributed by atoms with Crippen molar-refractivity contribution in [2.75, 3.05) is 0 Å². The number of hydrogen-bond donors (Lipinski definition) is 1. The molecule has 3 heteroatoms. The zero-order valence-corrected chi connectivity index (χ0v) is 12.0. The average molecular weight is 319 g/mol. The molecule has 0 saturated carbocycles. The van der Waals surface area contributed by atoms with E-state index in [1.54, 1.807) is 0 Å². The SMILES string of the molecule is O[C@@H]1CC(Cc2ccccc2)Oc2cc(Br)ccc21. The smallest absolute Gasteiger partial charge is 0.126 e. The van der Waals surface area contributed by atoms with Gasteiger partial charge in [0.2, 0.25) is 0 Å². The van der Waals surface area contributed by atoms with Crippen LogP contribution in [0.2, 0.25) is 0 Å². The summed E-state index contributed by atoms with van der Waals surface area (Å²) in [4.78, 5) is 0. The van der Waals surface area contributed by atoms with E-state index in [0.29, 0.717) is 6.42 Å². The Labute approximate surface area is 121 Å². The summed E-state index contributed by atoms with van der Waals surface area (Å²) in [6, 6.07) is 16.0. The van der Waals surface area contributed by atoms with Gasteiger partial charge in [-0.1, -0.05) is 52.3 Å². The number of aliphatic hydroxyl groups is 1. The summed E-state index contributed by atoms with van der Waals surface area (Å²) in [7, 11) is 0. The Kier molecular flexibility index (Phi) is 3.58.